The zero-order valence-corrected chi connectivity index (χ0v) is 18.2. The van der Waals surface area contributed by atoms with Gasteiger partial charge in [0.05, 0.1) is 25.0 Å². The molecule has 1 saturated heterocycles. The molecule has 0 bridgehead atoms. The van der Waals surface area contributed by atoms with E-state index in [2.05, 4.69) is 45.7 Å². The van der Waals surface area contributed by atoms with Crippen molar-refractivity contribution in [2.75, 3.05) is 51.9 Å². The second-order valence-corrected chi connectivity index (χ2v) is 7.71. The lowest BCUT2D eigenvalue weighted by atomic mass is 10.0. The Kier molecular flexibility index (Phi) is 7.44. The fourth-order valence-corrected chi connectivity index (χ4v) is 3.87. The molecule has 8 heteroatoms. The lowest BCUT2D eigenvalue weighted by Crippen LogP contribution is -2.46. The Morgan fingerprint density at radius 2 is 2.03 bits per heavy atom. The number of methoxy groups -OCH3 is 2. The zero-order chi connectivity index (χ0) is 20.8. The molecule has 160 valence electrons. The van der Waals surface area contributed by atoms with Gasteiger partial charge in [-0.1, -0.05) is 20.8 Å². The summed E-state index contributed by atoms with van der Waals surface area (Å²) in [7, 11) is 3.41. The fourth-order valence-electron chi connectivity index (χ4n) is 3.87. The number of pyridine rings is 1. The van der Waals surface area contributed by atoms with Crippen LogP contribution in [0.5, 0.6) is 5.75 Å². The maximum Gasteiger partial charge on any atom is 0.266 e. The molecule has 8 nitrogen and oxygen atoms in total. The molecule has 29 heavy (non-hydrogen) atoms. The minimum atomic E-state index is 0.283. The number of likely N-dealkylation sites (N-methyl/N-ethyl adjacent to an activating group) is 1. The molecule has 0 amide bonds. The monoisotopic (exact) mass is 403 g/mol. The molecule has 3 heterocycles. The van der Waals surface area contributed by atoms with Crippen LogP contribution in [0.15, 0.2) is 16.8 Å². The van der Waals surface area contributed by atoms with Gasteiger partial charge in [-0.25, -0.2) is 0 Å². The van der Waals surface area contributed by atoms with Crippen LogP contribution in [-0.2, 0) is 4.74 Å². The van der Waals surface area contributed by atoms with Crippen LogP contribution in [-0.4, -0.2) is 73.1 Å². The third kappa shape index (κ3) is 5.05. The van der Waals surface area contributed by atoms with Gasteiger partial charge in [-0.2, -0.15) is 4.98 Å². The van der Waals surface area contributed by atoms with Crippen LogP contribution in [0, 0.1) is 0 Å². The molecule has 2 aromatic rings. The molecule has 0 radical (unpaired) electrons. The Labute approximate surface area is 173 Å². The predicted molar refractivity (Wildman–Crippen MR) is 113 cm³/mol. The van der Waals surface area contributed by atoms with Crippen LogP contribution in [0.2, 0.25) is 0 Å². The Hall–Kier alpha value is -2.19. The third-order valence-corrected chi connectivity index (χ3v) is 5.56. The van der Waals surface area contributed by atoms with Crippen LogP contribution in [0.3, 0.4) is 0 Å². The summed E-state index contributed by atoms with van der Waals surface area (Å²) in [5, 5.41) is 4.21. The Bertz CT molecular complexity index is 771. The highest BCUT2D eigenvalue weighted by Crippen LogP contribution is 2.30. The van der Waals surface area contributed by atoms with Gasteiger partial charge in [0.15, 0.2) is 0 Å². The minimum Gasteiger partial charge on any atom is -0.495 e. The topological polar surface area (TPSA) is 76.8 Å². The first kappa shape index (κ1) is 21.5. The average Bonchev–Trinajstić information content (AvgIpc) is 3.24. The summed E-state index contributed by atoms with van der Waals surface area (Å²) in [4.78, 5) is 13.8. The molecular weight excluding hydrogens is 370 g/mol. The Balaban J connectivity index is 1.65. The van der Waals surface area contributed by atoms with Crippen molar-refractivity contribution in [3.8, 4) is 17.2 Å². The van der Waals surface area contributed by atoms with Gasteiger partial charge < -0.3 is 18.9 Å². The molecule has 1 fully saturated rings. The van der Waals surface area contributed by atoms with E-state index in [9.17, 15) is 0 Å². The van der Waals surface area contributed by atoms with Crippen molar-refractivity contribution in [3.05, 3.63) is 18.0 Å². The summed E-state index contributed by atoms with van der Waals surface area (Å²) in [5.74, 6) is 2.14. The van der Waals surface area contributed by atoms with Crippen LogP contribution < -0.4 is 9.64 Å². The SMILES string of the molecule is CCN(CCOC)C1CCN(c2noc(-c3cnc(C(C)C)c(OC)c3)n2)CC1. The van der Waals surface area contributed by atoms with Crippen molar-refractivity contribution >= 4 is 5.95 Å². The number of aromatic nitrogens is 3. The number of hydrogen-bond acceptors (Lipinski definition) is 8. The molecule has 2 aromatic heterocycles. The summed E-state index contributed by atoms with van der Waals surface area (Å²) in [6.45, 7) is 11.0. The third-order valence-electron chi connectivity index (χ3n) is 5.56. The van der Waals surface area contributed by atoms with Gasteiger partial charge in [0, 0.05) is 39.0 Å². The summed E-state index contributed by atoms with van der Waals surface area (Å²) >= 11 is 0. The van der Waals surface area contributed by atoms with E-state index in [4.69, 9.17) is 14.0 Å². The Morgan fingerprint density at radius 1 is 1.28 bits per heavy atom. The first-order valence-corrected chi connectivity index (χ1v) is 10.4. The van der Waals surface area contributed by atoms with Gasteiger partial charge in [0.2, 0.25) is 0 Å². The molecular formula is C21H33N5O3. The molecule has 0 atom stereocenters. The molecule has 1 aliphatic heterocycles. The van der Waals surface area contributed by atoms with Crippen molar-refractivity contribution in [3.63, 3.8) is 0 Å². The van der Waals surface area contributed by atoms with Crippen molar-refractivity contribution < 1.29 is 14.0 Å². The summed E-state index contributed by atoms with van der Waals surface area (Å²) < 4.78 is 16.3. The molecule has 0 unspecified atom stereocenters. The summed E-state index contributed by atoms with van der Waals surface area (Å²) in [5.41, 5.74) is 1.70. The van der Waals surface area contributed by atoms with E-state index in [0.717, 1.165) is 62.6 Å². The van der Waals surface area contributed by atoms with Gasteiger partial charge in [-0.3, -0.25) is 9.88 Å². The van der Waals surface area contributed by atoms with E-state index >= 15 is 0 Å². The lowest BCUT2D eigenvalue weighted by molar-refractivity contribution is 0.112. The van der Waals surface area contributed by atoms with E-state index in [1.165, 1.54) is 0 Å². The number of anilines is 1. The van der Waals surface area contributed by atoms with Gasteiger partial charge in [-0.15, -0.1) is 0 Å². The number of piperidine rings is 1. The van der Waals surface area contributed by atoms with E-state index in [-0.39, 0.29) is 5.92 Å². The molecule has 0 N–H and O–H groups in total. The van der Waals surface area contributed by atoms with Crippen LogP contribution in [0.25, 0.3) is 11.5 Å². The average molecular weight is 404 g/mol. The van der Waals surface area contributed by atoms with Gasteiger partial charge >= 0.3 is 0 Å². The van der Waals surface area contributed by atoms with E-state index < -0.39 is 0 Å². The normalized spacial score (nSPS) is 15.5. The van der Waals surface area contributed by atoms with Gasteiger partial charge in [-0.05, 0) is 36.5 Å². The molecule has 1 aliphatic rings. The highest BCUT2D eigenvalue weighted by molar-refractivity contribution is 5.57. The standard InChI is InChI=1S/C21H33N5O3/c1-6-25(11-12-27-4)17-7-9-26(10-8-17)21-23-20(29-24-21)16-13-18(28-5)19(15(2)3)22-14-16/h13-15,17H,6-12H2,1-5H3. The number of ether oxygens (including phenoxy) is 2. The van der Waals surface area contributed by atoms with E-state index in [0.29, 0.717) is 17.9 Å². The van der Waals surface area contributed by atoms with Crippen LogP contribution in [0.4, 0.5) is 5.95 Å². The van der Waals surface area contributed by atoms with E-state index in [1.807, 2.05) is 6.07 Å². The number of hydrogen-bond donors (Lipinski definition) is 0. The van der Waals surface area contributed by atoms with Crippen LogP contribution >= 0.6 is 0 Å². The van der Waals surface area contributed by atoms with Crippen molar-refractivity contribution in [2.24, 2.45) is 0 Å². The summed E-state index contributed by atoms with van der Waals surface area (Å²) in [6, 6.07) is 2.50. The highest BCUT2D eigenvalue weighted by atomic mass is 16.5. The molecule has 0 aromatic carbocycles. The quantitative estimate of drug-likeness (QED) is 0.632. The van der Waals surface area contributed by atoms with Crippen molar-refractivity contribution in [1.82, 2.24) is 20.0 Å². The number of rotatable bonds is 9. The maximum atomic E-state index is 5.53. The fraction of sp³-hybridized carbons (Fsp3) is 0.667. The second-order valence-electron chi connectivity index (χ2n) is 7.71. The predicted octanol–water partition coefficient (Wildman–Crippen LogP) is 3.20. The first-order chi connectivity index (χ1) is 14.1. The smallest absolute Gasteiger partial charge is 0.266 e. The van der Waals surface area contributed by atoms with Crippen molar-refractivity contribution in [2.45, 2.75) is 45.6 Å². The second kappa shape index (κ2) is 10.0. The van der Waals surface area contributed by atoms with Crippen LogP contribution in [0.1, 0.15) is 45.2 Å². The van der Waals surface area contributed by atoms with Crippen molar-refractivity contribution in [1.29, 1.82) is 0 Å². The summed E-state index contributed by atoms with van der Waals surface area (Å²) in [6.07, 6.45) is 3.94. The first-order valence-electron chi connectivity index (χ1n) is 10.4. The molecule has 0 spiro atoms. The van der Waals surface area contributed by atoms with Gasteiger partial charge in [0.25, 0.3) is 11.8 Å². The highest BCUT2D eigenvalue weighted by Gasteiger charge is 2.26. The molecule has 0 aliphatic carbocycles. The van der Waals surface area contributed by atoms with E-state index in [1.54, 1.807) is 20.4 Å². The number of nitrogens with zero attached hydrogens (tertiary/aromatic N) is 5. The largest absolute Gasteiger partial charge is 0.495 e. The minimum absolute atomic E-state index is 0.283. The molecule has 0 saturated carbocycles. The Morgan fingerprint density at radius 3 is 2.66 bits per heavy atom. The zero-order valence-electron chi connectivity index (χ0n) is 18.2. The maximum absolute atomic E-state index is 5.53. The molecule has 3 rings (SSSR count). The van der Waals surface area contributed by atoms with Gasteiger partial charge in [0.1, 0.15) is 5.75 Å². The lowest BCUT2D eigenvalue weighted by Gasteiger charge is -2.37.